The molecule has 0 spiro atoms. The van der Waals surface area contributed by atoms with Crippen LogP contribution in [0.2, 0.25) is 0 Å². The first-order valence-corrected chi connectivity index (χ1v) is 26.4. The van der Waals surface area contributed by atoms with E-state index in [-0.39, 0.29) is 6.42 Å². The van der Waals surface area contributed by atoms with Crippen molar-refractivity contribution < 1.29 is 50.0 Å². The minimum Gasteiger partial charge on any atom is -0.394 e. The lowest BCUT2D eigenvalue weighted by Crippen LogP contribution is -2.60. The lowest BCUT2D eigenvalue weighted by atomic mass is 9.98. The minimum absolute atomic E-state index is 0.266. The van der Waals surface area contributed by atoms with Crippen molar-refractivity contribution >= 4 is 5.91 Å². The first-order chi connectivity index (χ1) is 30.2. The molecule has 0 bridgehead atoms. The van der Waals surface area contributed by atoms with Gasteiger partial charge in [0.2, 0.25) is 5.91 Å². The molecule has 1 heterocycles. The van der Waals surface area contributed by atoms with Gasteiger partial charge in [-0.2, -0.15) is 0 Å². The molecule has 0 saturated carbocycles. The number of aliphatic hydroxyl groups is 7. The highest BCUT2D eigenvalue weighted by atomic mass is 16.7. The average molecular weight is 888 g/mol. The molecule has 9 atom stereocenters. The van der Waals surface area contributed by atoms with Gasteiger partial charge in [-0.1, -0.05) is 239 Å². The highest BCUT2D eigenvalue weighted by Crippen LogP contribution is 2.23. The second-order valence-electron chi connectivity index (χ2n) is 19.0. The third-order valence-corrected chi connectivity index (χ3v) is 13.2. The molecular formula is C51H101NO10. The van der Waals surface area contributed by atoms with Gasteiger partial charge in [-0.25, -0.2) is 0 Å². The van der Waals surface area contributed by atoms with E-state index >= 15 is 0 Å². The largest absolute Gasteiger partial charge is 0.394 e. The number of unbranched alkanes of at least 4 members (excludes halogenated alkanes) is 33. The van der Waals surface area contributed by atoms with Crippen LogP contribution in [0.4, 0.5) is 0 Å². The van der Waals surface area contributed by atoms with Crippen LogP contribution in [0.25, 0.3) is 0 Å². The molecule has 1 fully saturated rings. The molecule has 11 nitrogen and oxygen atoms in total. The molecule has 0 aromatic rings. The number of carbonyl (C=O) groups excluding carboxylic acids is 1. The SMILES string of the molecule is CCCCCCCCCCCCCCCCCCCCCCC(O)C(O)C(COC1OC(CO)C(O)C(O)C1O)NC(=O)C(O)CCCCCCCCCCCCCCCCC. The van der Waals surface area contributed by atoms with Crippen LogP contribution >= 0.6 is 0 Å². The van der Waals surface area contributed by atoms with Gasteiger partial charge in [-0.3, -0.25) is 4.79 Å². The van der Waals surface area contributed by atoms with E-state index in [1.165, 1.54) is 173 Å². The van der Waals surface area contributed by atoms with Gasteiger partial charge in [0.05, 0.1) is 25.4 Å². The van der Waals surface area contributed by atoms with E-state index in [1.54, 1.807) is 0 Å². The molecule has 11 heteroatoms. The average Bonchev–Trinajstić information content (AvgIpc) is 3.27. The first-order valence-electron chi connectivity index (χ1n) is 26.4. The number of carbonyl (C=O) groups is 1. The zero-order valence-corrected chi connectivity index (χ0v) is 40.1. The van der Waals surface area contributed by atoms with Gasteiger partial charge >= 0.3 is 0 Å². The van der Waals surface area contributed by atoms with Gasteiger partial charge < -0.3 is 50.5 Å². The van der Waals surface area contributed by atoms with E-state index in [0.29, 0.717) is 19.3 Å². The van der Waals surface area contributed by atoms with Crippen molar-refractivity contribution in [3.05, 3.63) is 0 Å². The third kappa shape index (κ3) is 30.3. The Hall–Kier alpha value is -0.890. The van der Waals surface area contributed by atoms with E-state index in [9.17, 15) is 40.5 Å². The zero-order chi connectivity index (χ0) is 45.5. The van der Waals surface area contributed by atoms with Crippen molar-refractivity contribution in [2.24, 2.45) is 0 Å². The molecule has 62 heavy (non-hydrogen) atoms. The number of hydrogen-bond acceptors (Lipinski definition) is 10. The fourth-order valence-corrected chi connectivity index (χ4v) is 8.80. The Kier molecular flexibility index (Phi) is 39.6. The molecule has 370 valence electrons. The van der Waals surface area contributed by atoms with Crippen LogP contribution in [0.3, 0.4) is 0 Å². The van der Waals surface area contributed by atoms with Gasteiger partial charge in [0.25, 0.3) is 0 Å². The number of amides is 1. The van der Waals surface area contributed by atoms with E-state index < -0.39 is 74.2 Å². The van der Waals surface area contributed by atoms with Crippen molar-refractivity contribution in [3.63, 3.8) is 0 Å². The van der Waals surface area contributed by atoms with Gasteiger partial charge in [0, 0.05) is 0 Å². The quantitative estimate of drug-likeness (QED) is 0.0273. The smallest absolute Gasteiger partial charge is 0.249 e. The summed E-state index contributed by atoms with van der Waals surface area (Å²) in [5.41, 5.74) is 0. The van der Waals surface area contributed by atoms with E-state index in [4.69, 9.17) is 9.47 Å². The van der Waals surface area contributed by atoms with Gasteiger partial charge in [0.1, 0.15) is 36.6 Å². The Morgan fingerprint density at radius 3 is 1.19 bits per heavy atom. The van der Waals surface area contributed by atoms with Crippen molar-refractivity contribution in [3.8, 4) is 0 Å². The van der Waals surface area contributed by atoms with Crippen molar-refractivity contribution in [1.29, 1.82) is 0 Å². The Morgan fingerprint density at radius 1 is 0.500 bits per heavy atom. The van der Waals surface area contributed by atoms with E-state index in [0.717, 1.165) is 38.5 Å². The normalized spacial score (nSPS) is 21.2. The van der Waals surface area contributed by atoms with Crippen LogP contribution in [-0.2, 0) is 14.3 Å². The number of aliphatic hydroxyl groups excluding tert-OH is 7. The molecule has 1 saturated heterocycles. The van der Waals surface area contributed by atoms with Gasteiger partial charge in [-0.15, -0.1) is 0 Å². The fraction of sp³-hybridized carbons (Fsp3) is 0.980. The van der Waals surface area contributed by atoms with E-state index in [2.05, 4.69) is 19.2 Å². The van der Waals surface area contributed by atoms with Crippen LogP contribution in [0, 0.1) is 0 Å². The van der Waals surface area contributed by atoms with Crippen molar-refractivity contribution in [2.45, 2.75) is 306 Å². The Balaban J connectivity index is 2.36. The summed E-state index contributed by atoms with van der Waals surface area (Å²) in [6, 6.07) is -1.16. The van der Waals surface area contributed by atoms with Crippen molar-refractivity contribution in [2.75, 3.05) is 13.2 Å². The molecule has 1 aliphatic rings. The maximum Gasteiger partial charge on any atom is 0.249 e. The first kappa shape index (κ1) is 59.1. The molecule has 0 aromatic carbocycles. The highest BCUT2D eigenvalue weighted by molar-refractivity contribution is 5.80. The topological polar surface area (TPSA) is 189 Å². The summed E-state index contributed by atoms with van der Waals surface area (Å²) in [7, 11) is 0. The second kappa shape index (κ2) is 41.5. The summed E-state index contributed by atoms with van der Waals surface area (Å²) in [6.07, 6.45) is 32.9. The molecule has 1 aliphatic heterocycles. The molecule has 0 aliphatic carbocycles. The monoisotopic (exact) mass is 888 g/mol. The summed E-state index contributed by atoms with van der Waals surface area (Å²) in [5, 5.41) is 75.9. The maximum atomic E-state index is 13.1. The van der Waals surface area contributed by atoms with Gasteiger partial charge in [-0.05, 0) is 12.8 Å². The number of nitrogens with one attached hydrogen (secondary N) is 1. The lowest BCUT2D eigenvalue weighted by Gasteiger charge is -2.40. The highest BCUT2D eigenvalue weighted by Gasteiger charge is 2.44. The zero-order valence-electron chi connectivity index (χ0n) is 40.1. The maximum absolute atomic E-state index is 13.1. The second-order valence-corrected chi connectivity index (χ2v) is 19.0. The summed E-state index contributed by atoms with van der Waals surface area (Å²) in [4.78, 5) is 13.1. The summed E-state index contributed by atoms with van der Waals surface area (Å²) in [5.74, 6) is -0.692. The van der Waals surface area contributed by atoms with Crippen LogP contribution < -0.4 is 5.32 Å². The number of ether oxygens (including phenoxy) is 2. The number of rotatable bonds is 45. The molecule has 8 N–H and O–H groups in total. The molecule has 9 unspecified atom stereocenters. The van der Waals surface area contributed by atoms with Crippen molar-refractivity contribution in [1.82, 2.24) is 5.32 Å². The van der Waals surface area contributed by atoms with Crippen LogP contribution in [0.15, 0.2) is 0 Å². The summed E-state index contributed by atoms with van der Waals surface area (Å²) in [6.45, 7) is 3.48. The van der Waals surface area contributed by atoms with Crippen LogP contribution in [0.5, 0.6) is 0 Å². The molecule has 1 rings (SSSR count). The van der Waals surface area contributed by atoms with Gasteiger partial charge in [0.15, 0.2) is 6.29 Å². The molecular weight excluding hydrogens is 787 g/mol. The Bertz CT molecular complexity index is 975. The van der Waals surface area contributed by atoms with E-state index in [1.807, 2.05) is 0 Å². The number of hydrogen-bond donors (Lipinski definition) is 8. The van der Waals surface area contributed by atoms with Crippen LogP contribution in [0.1, 0.15) is 251 Å². The summed E-state index contributed by atoms with van der Waals surface area (Å²) < 4.78 is 11.1. The lowest BCUT2D eigenvalue weighted by molar-refractivity contribution is -0.303. The Morgan fingerprint density at radius 2 is 0.839 bits per heavy atom. The minimum atomic E-state index is -1.66. The summed E-state index contributed by atoms with van der Waals surface area (Å²) >= 11 is 0. The molecule has 0 aromatic heterocycles. The fourth-order valence-electron chi connectivity index (χ4n) is 8.80. The third-order valence-electron chi connectivity index (χ3n) is 13.2. The Labute approximate surface area is 379 Å². The van der Waals surface area contributed by atoms with Crippen LogP contribution in [-0.4, -0.2) is 110 Å². The molecule has 0 radical (unpaired) electrons. The predicted molar refractivity (Wildman–Crippen MR) is 252 cm³/mol. The molecule has 1 amide bonds. The predicted octanol–water partition coefficient (Wildman–Crippen LogP) is 9.84. The standard InChI is InChI=1S/C51H101NO10/c1-3-5-7-9-11-13-15-17-19-20-21-22-23-25-26-28-30-32-34-36-38-43(54)46(56)42(41-61-51-49(59)48(58)47(57)45(40-53)62-51)52-50(60)44(55)39-37-35-33-31-29-27-24-18-16-14-12-10-8-6-4-2/h42-49,51,53-59H,3-41H2,1-2H3,(H,52,60).